The summed E-state index contributed by atoms with van der Waals surface area (Å²) >= 11 is 0. The molecule has 0 bridgehead atoms. The van der Waals surface area contributed by atoms with Gasteiger partial charge in [0.25, 0.3) is 0 Å². The van der Waals surface area contributed by atoms with Crippen LogP contribution in [0.25, 0.3) is 0 Å². The maximum Gasteiger partial charge on any atom is 0.394 e. The van der Waals surface area contributed by atoms with Gasteiger partial charge in [-0.05, 0) is 25.2 Å². The largest absolute Gasteiger partial charge is 0.481 e. The van der Waals surface area contributed by atoms with E-state index < -0.39 is 29.9 Å². The van der Waals surface area contributed by atoms with Crippen molar-refractivity contribution >= 4 is 11.9 Å². The molecule has 1 heterocycles. The van der Waals surface area contributed by atoms with Gasteiger partial charge < -0.3 is 10.0 Å². The van der Waals surface area contributed by atoms with Crippen molar-refractivity contribution in [3.8, 4) is 0 Å². The summed E-state index contributed by atoms with van der Waals surface area (Å²) in [6.45, 7) is 2.86. The van der Waals surface area contributed by atoms with Crippen LogP contribution in [0.2, 0.25) is 0 Å². The van der Waals surface area contributed by atoms with Crippen LogP contribution in [-0.2, 0) is 9.59 Å². The van der Waals surface area contributed by atoms with Crippen molar-refractivity contribution in [2.24, 2.45) is 11.3 Å². The Bertz CT molecular complexity index is 393. The summed E-state index contributed by atoms with van der Waals surface area (Å²) in [6.07, 6.45) is -2.96. The molecule has 0 spiro atoms. The first-order valence-electron chi connectivity index (χ1n) is 7.09. The first-order chi connectivity index (χ1) is 9.53. The van der Waals surface area contributed by atoms with Crippen molar-refractivity contribution in [3.05, 3.63) is 0 Å². The SMILES string of the molecule is CC(C)(CC(=O)N1CCCC(CCC(=O)O)C1)C(F)(F)F. The first kappa shape index (κ1) is 17.8. The van der Waals surface area contributed by atoms with Gasteiger partial charge in [0.15, 0.2) is 0 Å². The molecule has 1 saturated heterocycles. The third-order valence-corrected chi connectivity index (χ3v) is 4.00. The van der Waals surface area contributed by atoms with Gasteiger partial charge in [0.1, 0.15) is 0 Å². The molecule has 0 aromatic carbocycles. The molecule has 0 aromatic heterocycles. The molecule has 1 unspecified atom stereocenters. The summed E-state index contributed by atoms with van der Waals surface area (Å²) in [4.78, 5) is 24.1. The Morgan fingerprint density at radius 2 is 1.90 bits per heavy atom. The van der Waals surface area contributed by atoms with Crippen molar-refractivity contribution in [2.45, 2.75) is 52.1 Å². The van der Waals surface area contributed by atoms with Crippen molar-refractivity contribution < 1.29 is 27.9 Å². The molecule has 1 aliphatic heterocycles. The van der Waals surface area contributed by atoms with Crippen LogP contribution in [0, 0.1) is 11.3 Å². The lowest BCUT2D eigenvalue weighted by Gasteiger charge is -2.35. The molecule has 0 radical (unpaired) electrons. The first-order valence-corrected chi connectivity index (χ1v) is 7.09. The summed E-state index contributed by atoms with van der Waals surface area (Å²) in [5.74, 6) is -1.33. The fourth-order valence-corrected chi connectivity index (χ4v) is 2.44. The number of carboxylic acid groups (broad SMARTS) is 1. The lowest BCUT2D eigenvalue weighted by molar-refractivity contribution is -0.215. The highest BCUT2D eigenvalue weighted by atomic mass is 19.4. The average molecular weight is 309 g/mol. The molecule has 0 aromatic rings. The highest BCUT2D eigenvalue weighted by Crippen LogP contribution is 2.40. The zero-order valence-corrected chi connectivity index (χ0v) is 12.4. The fraction of sp³-hybridized carbons (Fsp3) is 0.857. The minimum atomic E-state index is -4.42. The molecule has 0 aliphatic carbocycles. The lowest BCUT2D eigenvalue weighted by Crippen LogP contribution is -2.44. The minimum absolute atomic E-state index is 0.0285. The number of rotatable bonds is 5. The van der Waals surface area contributed by atoms with Crippen molar-refractivity contribution in [3.63, 3.8) is 0 Å². The molecule has 1 fully saturated rings. The van der Waals surface area contributed by atoms with E-state index in [2.05, 4.69) is 0 Å². The second-order valence-corrected chi connectivity index (χ2v) is 6.34. The number of nitrogens with zero attached hydrogens (tertiary/aromatic N) is 1. The van der Waals surface area contributed by atoms with Crippen molar-refractivity contribution in [1.29, 1.82) is 0 Å². The third-order valence-electron chi connectivity index (χ3n) is 4.00. The maximum atomic E-state index is 12.8. The van der Waals surface area contributed by atoms with E-state index in [0.29, 0.717) is 25.9 Å². The Hall–Kier alpha value is -1.27. The van der Waals surface area contributed by atoms with E-state index in [1.807, 2.05) is 0 Å². The number of carbonyl (C=O) groups excluding carboxylic acids is 1. The van der Waals surface area contributed by atoms with E-state index in [-0.39, 0.29) is 12.3 Å². The average Bonchev–Trinajstić information content (AvgIpc) is 2.35. The molecule has 7 heteroatoms. The van der Waals surface area contributed by atoms with Gasteiger partial charge >= 0.3 is 12.1 Å². The number of piperidine rings is 1. The monoisotopic (exact) mass is 309 g/mol. The number of alkyl halides is 3. The highest BCUT2D eigenvalue weighted by Gasteiger charge is 2.49. The molecular weight excluding hydrogens is 287 g/mol. The molecule has 1 atom stereocenters. The van der Waals surface area contributed by atoms with E-state index >= 15 is 0 Å². The van der Waals surface area contributed by atoms with Crippen LogP contribution in [0.15, 0.2) is 0 Å². The number of hydrogen-bond donors (Lipinski definition) is 1. The summed E-state index contributed by atoms with van der Waals surface area (Å²) < 4.78 is 38.4. The predicted molar refractivity (Wildman–Crippen MR) is 70.6 cm³/mol. The Kier molecular flexibility index (Phi) is 5.64. The number of carboxylic acids is 1. The smallest absolute Gasteiger partial charge is 0.394 e. The Morgan fingerprint density at radius 3 is 2.43 bits per heavy atom. The maximum absolute atomic E-state index is 12.8. The van der Waals surface area contributed by atoms with Crippen LogP contribution < -0.4 is 0 Å². The van der Waals surface area contributed by atoms with Gasteiger partial charge in [0.2, 0.25) is 5.91 Å². The zero-order valence-electron chi connectivity index (χ0n) is 12.4. The zero-order chi connectivity index (χ0) is 16.3. The van der Waals surface area contributed by atoms with Gasteiger partial charge in [0, 0.05) is 25.9 Å². The summed E-state index contributed by atoms with van der Waals surface area (Å²) in [6, 6.07) is 0. The van der Waals surface area contributed by atoms with Crippen LogP contribution in [0.5, 0.6) is 0 Å². The highest BCUT2D eigenvalue weighted by molar-refractivity contribution is 5.77. The molecule has 4 nitrogen and oxygen atoms in total. The van der Waals surface area contributed by atoms with Crippen LogP contribution in [0.1, 0.15) is 46.0 Å². The topological polar surface area (TPSA) is 57.6 Å². The Labute approximate surface area is 122 Å². The van der Waals surface area contributed by atoms with Crippen LogP contribution >= 0.6 is 0 Å². The molecule has 0 saturated carbocycles. The van der Waals surface area contributed by atoms with Crippen LogP contribution in [0.4, 0.5) is 13.2 Å². The molecule has 1 amide bonds. The van der Waals surface area contributed by atoms with Crippen molar-refractivity contribution in [2.75, 3.05) is 13.1 Å². The Morgan fingerprint density at radius 1 is 1.29 bits per heavy atom. The molecule has 1 rings (SSSR count). The number of halogens is 3. The standard InChI is InChI=1S/C14H22F3NO3/c1-13(2,14(15,16)17)8-11(19)18-7-3-4-10(9-18)5-6-12(20)21/h10H,3-9H2,1-2H3,(H,20,21). The number of likely N-dealkylation sites (tertiary alicyclic amines) is 1. The van der Waals surface area contributed by atoms with Gasteiger partial charge in [-0.2, -0.15) is 13.2 Å². The van der Waals surface area contributed by atoms with E-state index in [1.165, 1.54) is 4.90 Å². The molecule has 21 heavy (non-hydrogen) atoms. The van der Waals surface area contributed by atoms with Crippen molar-refractivity contribution in [1.82, 2.24) is 4.90 Å². The van der Waals surface area contributed by atoms with E-state index in [1.54, 1.807) is 0 Å². The molecular formula is C14H22F3NO3. The quantitative estimate of drug-likeness (QED) is 0.849. The second-order valence-electron chi connectivity index (χ2n) is 6.34. The van der Waals surface area contributed by atoms with E-state index in [0.717, 1.165) is 20.3 Å². The van der Waals surface area contributed by atoms with Gasteiger partial charge in [-0.3, -0.25) is 9.59 Å². The number of carbonyl (C=O) groups is 2. The Balaban J connectivity index is 2.56. The summed E-state index contributed by atoms with van der Waals surface area (Å²) in [7, 11) is 0. The van der Waals surface area contributed by atoms with Gasteiger partial charge in [-0.1, -0.05) is 13.8 Å². The normalized spacial score (nSPS) is 20.4. The molecule has 1 aliphatic rings. The number of hydrogen-bond acceptors (Lipinski definition) is 2. The summed E-state index contributed by atoms with van der Waals surface area (Å²) in [5.41, 5.74) is -2.04. The third kappa shape index (κ3) is 5.21. The fourth-order valence-electron chi connectivity index (χ4n) is 2.44. The number of aliphatic carboxylic acids is 1. The van der Waals surface area contributed by atoms with E-state index in [9.17, 15) is 22.8 Å². The van der Waals surface area contributed by atoms with Gasteiger partial charge in [0.05, 0.1) is 5.41 Å². The van der Waals surface area contributed by atoms with Gasteiger partial charge in [-0.15, -0.1) is 0 Å². The summed E-state index contributed by atoms with van der Waals surface area (Å²) in [5, 5.41) is 8.66. The predicted octanol–water partition coefficient (Wildman–Crippen LogP) is 3.07. The van der Waals surface area contributed by atoms with Crippen LogP contribution in [0.3, 0.4) is 0 Å². The minimum Gasteiger partial charge on any atom is -0.481 e. The molecule has 1 N–H and O–H groups in total. The van der Waals surface area contributed by atoms with E-state index in [4.69, 9.17) is 5.11 Å². The lowest BCUT2D eigenvalue weighted by atomic mass is 9.87. The second kappa shape index (κ2) is 6.66. The van der Waals surface area contributed by atoms with Gasteiger partial charge in [-0.25, -0.2) is 0 Å². The number of amides is 1. The molecule has 122 valence electrons. The van der Waals surface area contributed by atoms with Crippen LogP contribution in [-0.4, -0.2) is 41.1 Å².